The molecule has 0 bridgehead atoms. The van der Waals surface area contributed by atoms with Crippen LogP contribution in [0.5, 0.6) is 11.5 Å². The van der Waals surface area contributed by atoms with Gasteiger partial charge in [0.1, 0.15) is 11.4 Å². The lowest BCUT2D eigenvalue weighted by atomic mass is 9.87. The summed E-state index contributed by atoms with van der Waals surface area (Å²) in [6, 6.07) is 1.35. The maximum atomic E-state index is 14.3. The number of aromatic hydroxyl groups is 1. The smallest absolute Gasteiger partial charge is 0.235 e. The van der Waals surface area contributed by atoms with Crippen LogP contribution in [0.1, 0.15) is 31.2 Å². The van der Waals surface area contributed by atoms with Crippen LogP contribution in [0, 0.1) is 5.82 Å². The minimum absolute atomic E-state index is 0.0135. The van der Waals surface area contributed by atoms with Crippen LogP contribution in [0.25, 0.3) is 0 Å². The highest BCUT2D eigenvalue weighted by atomic mass is 79.9. The molecule has 1 N–H and O–H groups in total. The fraction of sp³-hybridized carbons (Fsp3) is 0.462. The van der Waals surface area contributed by atoms with E-state index < -0.39 is 11.4 Å². The topological polar surface area (TPSA) is 58.9 Å². The Morgan fingerprint density at radius 2 is 2.16 bits per heavy atom. The maximum absolute atomic E-state index is 14.3. The predicted molar refractivity (Wildman–Crippen MR) is 70.6 cm³/mol. The number of nitrogens with zero attached hydrogens (tertiary/aromatic N) is 1. The van der Waals surface area contributed by atoms with Crippen molar-refractivity contribution >= 4 is 22.0 Å². The van der Waals surface area contributed by atoms with Gasteiger partial charge in [-0.3, -0.25) is 0 Å². The van der Waals surface area contributed by atoms with Gasteiger partial charge in [0, 0.05) is 6.07 Å². The van der Waals surface area contributed by atoms with Gasteiger partial charge in [0.15, 0.2) is 11.5 Å². The first-order chi connectivity index (χ1) is 9.05. The van der Waals surface area contributed by atoms with E-state index in [4.69, 9.17) is 4.74 Å². The largest absolute Gasteiger partial charge is 0.504 e. The average molecular weight is 330 g/mol. The Balaban J connectivity index is 2.72. The fourth-order valence-corrected chi connectivity index (χ4v) is 3.04. The van der Waals surface area contributed by atoms with Gasteiger partial charge < -0.3 is 9.84 Å². The zero-order valence-electron chi connectivity index (χ0n) is 10.4. The Labute approximate surface area is 118 Å². The van der Waals surface area contributed by atoms with E-state index in [0.29, 0.717) is 12.8 Å². The molecular formula is C13H13BrFNO3. The summed E-state index contributed by atoms with van der Waals surface area (Å²) in [7, 11) is 1.38. The van der Waals surface area contributed by atoms with Gasteiger partial charge in [-0.1, -0.05) is 12.8 Å². The first kappa shape index (κ1) is 14.0. The molecule has 2 rings (SSSR count). The second kappa shape index (κ2) is 5.31. The van der Waals surface area contributed by atoms with E-state index in [9.17, 15) is 14.3 Å². The number of phenolic OH excluding ortho intramolecular Hbond substituents is 1. The molecule has 1 aliphatic carbocycles. The molecule has 0 atom stereocenters. The van der Waals surface area contributed by atoms with Gasteiger partial charge in [0.2, 0.25) is 6.08 Å². The number of hydrogen-bond acceptors (Lipinski definition) is 4. The number of aliphatic imine (C=N–C) groups is 1. The second-order valence-electron chi connectivity index (χ2n) is 4.54. The highest BCUT2D eigenvalue weighted by Crippen LogP contribution is 2.50. The number of methoxy groups -OCH3 is 1. The Kier molecular flexibility index (Phi) is 3.92. The molecule has 1 saturated carbocycles. The van der Waals surface area contributed by atoms with Crippen LogP contribution in [-0.2, 0) is 10.3 Å². The number of isocyanates is 1. The number of ether oxygens (including phenoxy) is 1. The lowest BCUT2D eigenvalue weighted by Crippen LogP contribution is -2.21. The molecule has 0 unspecified atom stereocenters. The summed E-state index contributed by atoms with van der Waals surface area (Å²) in [4.78, 5) is 14.4. The van der Waals surface area contributed by atoms with Crippen molar-refractivity contribution in [1.29, 1.82) is 0 Å². The Morgan fingerprint density at radius 1 is 1.53 bits per heavy atom. The molecule has 1 aromatic rings. The fourth-order valence-electron chi connectivity index (χ4n) is 2.64. The van der Waals surface area contributed by atoms with Crippen LogP contribution in [0.3, 0.4) is 0 Å². The standard InChI is InChI=1S/C13H13BrFNO3/c1-19-9-6-8(14)11(15)10(12(9)18)13(16-7-17)4-2-3-5-13/h6,18H,2-5H2,1H3. The lowest BCUT2D eigenvalue weighted by Gasteiger charge is -2.25. The van der Waals surface area contributed by atoms with E-state index in [2.05, 4.69) is 20.9 Å². The maximum Gasteiger partial charge on any atom is 0.235 e. The van der Waals surface area contributed by atoms with Crippen molar-refractivity contribution in [3.05, 3.63) is 21.9 Å². The summed E-state index contributed by atoms with van der Waals surface area (Å²) in [5.74, 6) is -0.765. The number of benzene rings is 1. The van der Waals surface area contributed by atoms with E-state index in [1.165, 1.54) is 19.3 Å². The molecule has 0 amide bonds. The molecule has 1 fully saturated rings. The molecule has 19 heavy (non-hydrogen) atoms. The van der Waals surface area contributed by atoms with Crippen LogP contribution in [-0.4, -0.2) is 18.3 Å². The van der Waals surface area contributed by atoms with Crippen molar-refractivity contribution in [2.24, 2.45) is 4.99 Å². The minimum atomic E-state index is -1.03. The third kappa shape index (κ3) is 2.26. The van der Waals surface area contributed by atoms with Crippen molar-refractivity contribution in [1.82, 2.24) is 0 Å². The van der Waals surface area contributed by atoms with Crippen LogP contribution >= 0.6 is 15.9 Å². The third-order valence-corrected chi connectivity index (χ3v) is 4.11. The van der Waals surface area contributed by atoms with Crippen LogP contribution in [0.15, 0.2) is 15.5 Å². The number of halogens is 2. The molecule has 102 valence electrons. The van der Waals surface area contributed by atoms with E-state index in [-0.39, 0.29) is 21.5 Å². The van der Waals surface area contributed by atoms with Crippen LogP contribution in [0.4, 0.5) is 4.39 Å². The molecule has 0 spiro atoms. The van der Waals surface area contributed by atoms with Gasteiger partial charge >= 0.3 is 0 Å². The van der Waals surface area contributed by atoms with Gasteiger partial charge in [0.05, 0.1) is 17.1 Å². The quantitative estimate of drug-likeness (QED) is 0.682. The summed E-state index contributed by atoms with van der Waals surface area (Å²) in [5.41, 5.74) is -1.02. The Hall–Kier alpha value is -1.39. The molecular weight excluding hydrogens is 317 g/mol. The number of rotatable bonds is 3. The van der Waals surface area contributed by atoms with Crippen molar-refractivity contribution in [2.45, 2.75) is 31.2 Å². The van der Waals surface area contributed by atoms with Crippen LogP contribution in [0.2, 0.25) is 0 Å². The summed E-state index contributed by atoms with van der Waals surface area (Å²) in [6.45, 7) is 0. The minimum Gasteiger partial charge on any atom is -0.504 e. The first-order valence-electron chi connectivity index (χ1n) is 5.90. The molecule has 6 heteroatoms. The first-order valence-corrected chi connectivity index (χ1v) is 6.69. The molecule has 4 nitrogen and oxygen atoms in total. The van der Waals surface area contributed by atoms with Crippen molar-refractivity contribution < 1.29 is 19.0 Å². The zero-order chi connectivity index (χ0) is 14.0. The normalized spacial score (nSPS) is 17.0. The zero-order valence-corrected chi connectivity index (χ0v) is 12.0. The summed E-state index contributed by atoms with van der Waals surface area (Å²) in [5, 5.41) is 10.2. The van der Waals surface area contributed by atoms with Crippen molar-refractivity contribution in [3.63, 3.8) is 0 Å². The molecule has 0 aromatic heterocycles. The van der Waals surface area contributed by atoms with Gasteiger partial charge in [-0.25, -0.2) is 9.18 Å². The molecule has 0 saturated heterocycles. The summed E-state index contributed by atoms with van der Waals surface area (Å²) >= 11 is 3.09. The summed E-state index contributed by atoms with van der Waals surface area (Å²) < 4.78 is 19.5. The van der Waals surface area contributed by atoms with Gasteiger partial charge in [-0.05, 0) is 28.8 Å². The molecule has 0 aliphatic heterocycles. The van der Waals surface area contributed by atoms with Crippen molar-refractivity contribution in [3.8, 4) is 11.5 Å². The van der Waals surface area contributed by atoms with Gasteiger partial charge in [-0.2, -0.15) is 4.99 Å². The van der Waals surface area contributed by atoms with Gasteiger partial charge in [0.25, 0.3) is 0 Å². The number of hydrogen-bond donors (Lipinski definition) is 1. The Morgan fingerprint density at radius 3 is 2.68 bits per heavy atom. The van der Waals surface area contributed by atoms with Crippen molar-refractivity contribution in [2.75, 3.05) is 7.11 Å². The number of carbonyl (C=O) groups excluding carboxylic acids is 1. The molecule has 1 aliphatic rings. The molecule has 0 heterocycles. The molecule has 0 radical (unpaired) electrons. The third-order valence-electron chi connectivity index (χ3n) is 3.53. The monoisotopic (exact) mass is 329 g/mol. The Bertz CT molecular complexity index is 549. The molecule has 1 aromatic carbocycles. The van der Waals surface area contributed by atoms with E-state index in [1.807, 2.05) is 0 Å². The predicted octanol–water partition coefficient (Wildman–Crippen LogP) is 3.41. The number of phenols is 1. The van der Waals surface area contributed by atoms with E-state index in [0.717, 1.165) is 12.8 Å². The summed E-state index contributed by atoms with van der Waals surface area (Å²) in [6.07, 6.45) is 4.15. The van der Waals surface area contributed by atoms with E-state index in [1.54, 1.807) is 0 Å². The highest BCUT2D eigenvalue weighted by Gasteiger charge is 2.41. The van der Waals surface area contributed by atoms with Crippen LogP contribution < -0.4 is 4.74 Å². The lowest BCUT2D eigenvalue weighted by molar-refractivity contribution is 0.345. The SMILES string of the molecule is COc1cc(Br)c(F)c(C2(N=C=O)CCCC2)c1O. The van der Waals surface area contributed by atoms with Gasteiger partial charge in [-0.15, -0.1) is 0 Å². The highest BCUT2D eigenvalue weighted by molar-refractivity contribution is 9.10. The van der Waals surface area contributed by atoms with E-state index >= 15 is 0 Å². The average Bonchev–Trinajstić information content (AvgIpc) is 2.84. The second-order valence-corrected chi connectivity index (χ2v) is 5.39.